The SMILES string of the molecule is CC(=O)c1ccc(OC2CCOCC2)c(Cl)c1. The second-order valence-electron chi connectivity index (χ2n) is 4.13. The summed E-state index contributed by atoms with van der Waals surface area (Å²) in [5, 5.41) is 0.490. The fourth-order valence-corrected chi connectivity index (χ4v) is 2.01. The van der Waals surface area contributed by atoms with Gasteiger partial charge in [0.25, 0.3) is 0 Å². The third-order valence-electron chi connectivity index (χ3n) is 2.80. The first-order valence-corrected chi connectivity index (χ1v) is 6.09. The molecule has 0 N–H and O–H groups in total. The van der Waals surface area contributed by atoms with Gasteiger partial charge in [-0.2, -0.15) is 0 Å². The van der Waals surface area contributed by atoms with E-state index in [1.165, 1.54) is 6.92 Å². The van der Waals surface area contributed by atoms with Gasteiger partial charge in [-0.1, -0.05) is 11.6 Å². The van der Waals surface area contributed by atoms with Gasteiger partial charge in [0, 0.05) is 18.4 Å². The maximum atomic E-state index is 11.2. The van der Waals surface area contributed by atoms with Gasteiger partial charge in [0.1, 0.15) is 11.9 Å². The number of carbonyl (C=O) groups is 1. The molecular weight excluding hydrogens is 240 g/mol. The molecule has 0 amide bonds. The van der Waals surface area contributed by atoms with Crippen molar-refractivity contribution in [1.82, 2.24) is 0 Å². The minimum atomic E-state index is 0.00418. The van der Waals surface area contributed by atoms with Gasteiger partial charge < -0.3 is 9.47 Å². The summed E-state index contributed by atoms with van der Waals surface area (Å²) in [6.45, 7) is 2.98. The minimum Gasteiger partial charge on any atom is -0.489 e. The van der Waals surface area contributed by atoms with E-state index in [9.17, 15) is 4.79 Å². The molecule has 1 aliphatic rings. The first-order valence-electron chi connectivity index (χ1n) is 5.71. The van der Waals surface area contributed by atoms with Crippen LogP contribution < -0.4 is 4.74 Å². The molecule has 0 spiro atoms. The van der Waals surface area contributed by atoms with E-state index >= 15 is 0 Å². The van der Waals surface area contributed by atoms with Gasteiger partial charge in [0.15, 0.2) is 5.78 Å². The Kier molecular flexibility index (Phi) is 4.02. The molecule has 1 fully saturated rings. The molecule has 4 heteroatoms. The third-order valence-corrected chi connectivity index (χ3v) is 3.10. The zero-order valence-electron chi connectivity index (χ0n) is 9.74. The fraction of sp³-hybridized carbons (Fsp3) is 0.462. The molecule has 2 rings (SSSR count). The molecule has 17 heavy (non-hydrogen) atoms. The normalized spacial score (nSPS) is 16.8. The molecule has 1 aromatic rings. The van der Waals surface area contributed by atoms with E-state index in [0.717, 1.165) is 26.1 Å². The zero-order valence-corrected chi connectivity index (χ0v) is 10.5. The highest BCUT2D eigenvalue weighted by Crippen LogP contribution is 2.28. The molecular formula is C13H15ClO3. The highest BCUT2D eigenvalue weighted by molar-refractivity contribution is 6.32. The van der Waals surface area contributed by atoms with Gasteiger partial charge in [0.05, 0.1) is 18.2 Å². The van der Waals surface area contributed by atoms with Gasteiger partial charge in [-0.05, 0) is 25.1 Å². The molecule has 92 valence electrons. The van der Waals surface area contributed by atoms with Crippen LogP contribution in [0.15, 0.2) is 18.2 Å². The van der Waals surface area contributed by atoms with E-state index in [1.807, 2.05) is 0 Å². The van der Waals surface area contributed by atoms with E-state index in [-0.39, 0.29) is 11.9 Å². The van der Waals surface area contributed by atoms with Crippen molar-refractivity contribution in [2.45, 2.75) is 25.9 Å². The molecule has 0 saturated carbocycles. The van der Waals surface area contributed by atoms with Crippen LogP contribution in [0.1, 0.15) is 30.1 Å². The Hall–Kier alpha value is -1.06. The second kappa shape index (κ2) is 5.52. The minimum absolute atomic E-state index is 0.00418. The second-order valence-corrected chi connectivity index (χ2v) is 4.54. The number of carbonyl (C=O) groups excluding carboxylic acids is 1. The molecule has 0 aliphatic carbocycles. The quantitative estimate of drug-likeness (QED) is 0.778. The molecule has 0 atom stereocenters. The van der Waals surface area contributed by atoms with Crippen LogP contribution in [0.4, 0.5) is 0 Å². The Morgan fingerprint density at radius 3 is 2.71 bits per heavy atom. The lowest BCUT2D eigenvalue weighted by Gasteiger charge is -2.23. The molecule has 1 heterocycles. The average molecular weight is 255 g/mol. The Balaban J connectivity index is 2.08. The smallest absolute Gasteiger partial charge is 0.159 e. The maximum absolute atomic E-state index is 11.2. The number of halogens is 1. The van der Waals surface area contributed by atoms with E-state index in [2.05, 4.69) is 0 Å². The summed E-state index contributed by atoms with van der Waals surface area (Å²) in [6.07, 6.45) is 1.92. The Bertz CT molecular complexity index is 411. The van der Waals surface area contributed by atoms with Crippen LogP contribution >= 0.6 is 11.6 Å². The monoisotopic (exact) mass is 254 g/mol. The van der Waals surface area contributed by atoms with Gasteiger partial charge in [-0.25, -0.2) is 0 Å². The Labute approximate surface area is 106 Å². The van der Waals surface area contributed by atoms with E-state index < -0.39 is 0 Å². The number of benzene rings is 1. The number of hydrogen-bond acceptors (Lipinski definition) is 3. The number of ketones is 1. The van der Waals surface area contributed by atoms with Crippen LogP contribution in [-0.4, -0.2) is 25.1 Å². The van der Waals surface area contributed by atoms with Gasteiger partial charge in [-0.15, -0.1) is 0 Å². The number of Topliss-reactive ketones (excluding diaryl/α,β-unsaturated/α-hetero) is 1. The molecule has 1 saturated heterocycles. The lowest BCUT2D eigenvalue weighted by atomic mass is 10.1. The van der Waals surface area contributed by atoms with Gasteiger partial charge in [-0.3, -0.25) is 4.79 Å². The lowest BCUT2D eigenvalue weighted by Crippen LogP contribution is -2.25. The average Bonchev–Trinajstić information content (AvgIpc) is 2.33. The highest BCUT2D eigenvalue weighted by atomic mass is 35.5. The van der Waals surface area contributed by atoms with Crippen molar-refractivity contribution in [1.29, 1.82) is 0 Å². The first kappa shape index (κ1) is 12.4. The van der Waals surface area contributed by atoms with E-state index in [4.69, 9.17) is 21.1 Å². The summed E-state index contributed by atoms with van der Waals surface area (Å²) in [4.78, 5) is 11.2. The largest absolute Gasteiger partial charge is 0.489 e. The van der Waals surface area contributed by atoms with Crippen molar-refractivity contribution in [3.8, 4) is 5.75 Å². The molecule has 1 aromatic carbocycles. The predicted octanol–water partition coefficient (Wildman–Crippen LogP) is 3.10. The molecule has 3 nitrogen and oxygen atoms in total. The Morgan fingerprint density at radius 2 is 2.12 bits per heavy atom. The molecule has 0 aromatic heterocycles. The van der Waals surface area contributed by atoms with Crippen LogP contribution in [-0.2, 0) is 4.74 Å². The van der Waals surface area contributed by atoms with Gasteiger partial charge >= 0.3 is 0 Å². The molecule has 1 aliphatic heterocycles. The third kappa shape index (κ3) is 3.20. The molecule has 0 radical (unpaired) electrons. The summed E-state index contributed by atoms with van der Waals surface area (Å²) in [7, 11) is 0. The van der Waals surface area contributed by atoms with Crippen molar-refractivity contribution < 1.29 is 14.3 Å². The Morgan fingerprint density at radius 1 is 1.41 bits per heavy atom. The topological polar surface area (TPSA) is 35.5 Å². The van der Waals surface area contributed by atoms with Crippen molar-refractivity contribution in [2.24, 2.45) is 0 Å². The fourth-order valence-electron chi connectivity index (χ4n) is 1.79. The van der Waals surface area contributed by atoms with Crippen LogP contribution in [0.25, 0.3) is 0 Å². The van der Waals surface area contributed by atoms with E-state index in [0.29, 0.717) is 16.3 Å². The maximum Gasteiger partial charge on any atom is 0.159 e. The van der Waals surface area contributed by atoms with Crippen molar-refractivity contribution in [3.63, 3.8) is 0 Å². The zero-order chi connectivity index (χ0) is 12.3. The van der Waals surface area contributed by atoms with Gasteiger partial charge in [0.2, 0.25) is 0 Å². The van der Waals surface area contributed by atoms with Crippen LogP contribution in [0.5, 0.6) is 5.75 Å². The molecule has 0 unspecified atom stereocenters. The number of ether oxygens (including phenoxy) is 2. The van der Waals surface area contributed by atoms with Crippen LogP contribution in [0.2, 0.25) is 5.02 Å². The summed E-state index contributed by atoms with van der Waals surface area (Å²) < 4.78 is 11.1. The summed E-state index contributed by atoms with van der Waals surface area (Å²) in [6, 6.07) is 5.15. The standard InChI is InChI=1S/C13H15ClO3/c1-9(15)10-2-3-13(12(14)8-10)17-11-4-6-16-7-5-11/h2-3,8,11H,4-7H2,1H3. The summed E-state index contributed by atoms with van der Waals surface area (Å²) in [5.41, 5.74) is 0.606. The van der Waals surface area contributed by atoms with Crippen molar-refractivity contribution >= 4 is 17.4 Å². The highest BCUT2D eigenvalue weighted by Gasteiger charge is 2.16. The van der Waals surface area contributed by atoms with E-state index in [1.54, 1.807) is 18.2 Å². The van der Waals surface area contributed by atoms with Crippen molar-refractivity contribution in [3.05, 3.63) is 28.8 Å². The summed E-state index contributed by atoms with van der Waals surface area (Å²) >= 11 is 6.08. The summed E-state index contributed by atoms with van der Waals surface area (Å²) in [5.74, 6) is 0.646. The first-order chi connectivity index (χ1) is 8.16. The van der Waals surface area contributed by atoms with Crippen LogP contribution in [0.3, 0.4) is 0 Å². The predicted molar refractivity (Wildman–Crippen MR) is 65.9 cm³/mol. The van der Waals surface area contributed by atoms with Crippen LogP contribution in [0, 0.1) is 0 Å². The van der Waals surface area contributed by atoms with Crippen molar-refractivity contribution in [2.75, 3.05) is 13.2 Å². The lowest BCUT2D eigenvalue weighted by molar-refractivity contribution is 0.0256. The molecule has 0 bridgehead atoms. The number of rotatable bonds is 3. The number of hydrogen-bond donors (Lipinski definition) is 0.